The number of benzene rings is 3. The lowest BCUT2D eigenvalue weighted by Gasteiger charge is -2.38. The summed E-state index contributed by atoms with van der Waals surface area (Å²) in [6.45, 7) is 12.6. The van der Waals surface area contributed by atoms with Crippen LogP contribution < -0.4 is 15.9 Å². The molecule has 2 aliphatic heterocycles. The number of piperidine rings is 1. The number of carbonyl (C=O) groups excluding carboxylic acids is 3. The van der Waals surface area contributed by atoms with Gasteiger partial charge in [-0.05, 0) is 68.7 Å². The summed E-state index contributed by atoms with van der Waals surface area (Å²) < 4.78 is 3.52. The molecule has 0 unspecified atom stereocenters. The van der Waals surface area contributed by atoms with E-state index in [1.54, 1.807) is 35.8 Å². The molecule has 1 aromatic heterocycles. The molecule has 228 valence electrons. The molecule has 0 atom stereocenters. The highest BCUT2D eigenvalue weighted by Crippen LogP contribution is 2.28. The van der Waals surface area contributed by atoms with Crippen molar-refractivity contribution in [1.29, 1.82) is 0 Å². The fraction of sp³-hybridized carbons (Fsp3) is 0.294. The molecule has 0 bridgehead atoms. The number of anilines is 1. The van der Waals surface area contributed by atoms with Crippen molar-refractivity contribution < 1.29 is 14.4 Å². The standard InChI is InChI=1S/C26H31ClN4O2.C8H5NO2/c1-18(2)30-25-8-6-5-7-24(25)29(26(30)33)16-15-28-13-11-21(12-14-28)31(20(4)32)22-10-9-19(3)23(27)17-22;10-7-5-3-1-2-4-6(5)8(11)9-7/h5-10,17,21H,1,11-16H2,2-4H3;1-4H,(H,9,10,11). The zero-order valence-electron chi connectivity index (χ0n) is 25.2. The van der Waals surface area contributed by atoms with Crippen molar-refractivity contribution in [2.75, 3.05) is 24.5 Å². The number of likely N-dealkylation sites (tertiary alicyclic amines) is 1. The molecule has 3 heterocycles. The second-order valence-electron chi connectivity index (χ2n) is 11.2. The molecule has 0 radical (unpaired) electrons. The highest BCUT2D eigenvalue weighted by atomic mass is 35.5. The first-order valence-corrected chi connectivity index (χ1v) is 15.0. The van der Waals surface area contributed by atoms with Crippen molar-refractivity contribution in [3.05, 3.63) is 106 Å². The van der Waals surface area contributed by atoms with E-state index in [2.05, 4.69) is 16.8 Å². The van der Waals surface area contributed by atoms with Crippen molar-refractivity contribution in [2.45, 2.75) is 46.2 Å². The summed E-state index contributed by atoms with van der Waals surface area (Å²) in [5.74, 6) is -0.566. The Morgan fingerprint density at radius 1 is 0.909 bits per heavy atom. The van der Waals surface area contributed by atoms with E-state index in [-0.39, 0.29) is 29.5 Å². The fourth-order valence-corrected chi connectivity index (χ4v) is 6.11. The molecule has 0 spiro atoms. The number of para-hydroxylation sites is 2. The third-order valence-electron chi connectivity index (χ3n) is 8.20. The van der Waals surface area contributed by atoms with Crippen LogP contribution in [-0.4, -0.2) is 57.4 Å². The predicted octanol–water partition coefficient (Wildman–Crippen LogP) is 5.34. The molecule has 6 rings (SSSR count). The lowest BCUT2D eigenvalue weighted by atomic mass is 10.0. The Morgan fingerprint density at radius 2 is 1.50 bits per heavy atom. The maximum absolute atomic E-state index is 13.0. The van der Waals surface area contributed by atoms with Gasteiger partial charge in [-0.15, -0.1) is 0 Å². The Kier molecular flexibility index (Phi) is 9.17. The van der Waals surface area contributed by atoms with Gasteiger partial charge in [0.05, 0.1) is 22.2 Å². The summed E-state index contributed by atoms with van der Waals surface area (Å²) in [7, 11) is 0. The lowest BCUT2D eigenvalue weighted by Crippen LogP contribution is -2.47. The van der Waals surface area contributed by atoms with Crippen LogP contribution in [0.4, 0.5) is 5.69 Å². The number of fused-ring (bicyclic) bond motifs is 2. The number of carbonyl (C=O) groups is 3. The number of hydrogen-bond donors (Lipinski definition) is 1. The van der Waals surface area contributed by atoms with E-state index in [9.17, 15) is 19.2 Å². The largest absolute Gasteiger partial charge is 0.333 e. The first-order valence-electron chi connectivity index (χ1n) is 14.7. The number of allylic oxidation sites excluding steroid dienone is 1. The second-order valence-corrected chi connectivity index (χ2v) is 11.6. The summed E-state index contributed by atoms with van der Waals surface area (Å²) in [4.78, 5) is 51.6. The zero-order chi connectivity index (χ0) is 31.5. The van der Waals surface area contributed by atoms with Gasteiger partial charge in [-0.2, -0.15) is 0 Å². The number of imide groups is 1. The van der Waals surface area contributed by atoms with Gasteiger partial charge in [0.1, 0.15) is 0 Å². The minimum absolute atomic E-state index is 0.0347. The number of imidazole rings is 1. The number of halogens is 1. The third-order valence-corrected chi connectivity index (χ3v) is 8.60. The molecular weight excluding hydrogens is 578 g/mol. The molecule has 2 aliphatic rings. The monoisotopic (exact) mass is 613 g/mol. The van der Waals surface area contributed by atoms with Crippen LogP contribution in [0.1, 0.15) is 53.0 Å². The summed E-state index contributed by atoms with van der Waals surface area (Å²) in [5.41, 5.74) is 5.29. The van der Waals surface area contributed by atoms with E-state index in [4.69, 9.17) is 11.6 Å². The normalized spacial score (nSPS) is 15.0. The van der Waals surface area contributed by atoms with E-state index in [1.807, 2.05) is 65.8 Å². The van der Waals surface area contributed by atoms with Crippen molar-refractivity contribution >= 4 is 51.7 Å². The van der Waals surface area contributed by atoms with Gasteiger partial charge in [0.15, 0.2) is 0 Å². The number of nitrogens with zero attached hydrogens (tertiary/aromatic N) is 4. The van der Waals surface area contributed by atoms with Crippen molar-refractivity contribution in [3.63, 3.8) is 0 Å². The molecule has 0 aliphatic carbocycles. The van der Waals surface area contributed by atoms with Gasteiger partial charge in [0.25, 0.3) is 11.8 Å². The van der Waals surface area contributed by atoms with Crippen LogP contribution in [0.25, 0.3) is 16.7 Å². The molecule has 1 N–H and O–H groups in total. The van der Waals surface area contributed by atoms with Gasteiger partial charge in [-0.1, -0.05) is 48.5 Å². The molecular formula is C34H36ClN5O4. The minimum atomic E-state index is -0.300. The van der Waals surface area contributed by atoms with E-state index in [0.29, 0.717) is 22.7 Å². The van der Waals surface area contributed by atoms with E-state index in [1.165, 1.54) is 0 Å². The topological polar surface area (TPSA) is 96.7 Å². The average Bonchev–Trinajstić information content (AvgIpc) is 3.46. The molecule has 1 saturated heterocycles. The molecule has 3 amide bonds. The zero-order valence-corrected chi connectivity index (χ0v) is 25.9. The number of aromatic nitrogens is 2. The highest BCUT2D eigenvalue weighted by Gasteiger charge is 2.28. The molecule has 9 nitrogen and oxygen atoms in total. The van der Waals surface area contributed by atoms with Crippen LogP contribution in [0.5, 0.6) is 0 Å². The first-order chi connectivity index (χ1) is 21.1. The molecule has 0 saturated carbocycles. The summed E-state index contributed by atoms with van der Waals surface area (Å²) >= 11 is 6.32. The summed E-state index contributed by atoms with van der Waals surface area (Å²) in [5, 5.41) is 2.88. The Balaban J connectivity index is 0.000000291. The Hall–Kier alpha value is -4.47. The molecule has 3 aromatic carbocycles. The van der Waals surface area contributed by atoms with Crippen LogP contribution in [-0.2, 0) is 11.3 Å². The number of hydrogen-bond acceptors (Lipinski definition) is 5. The van der Waals surface area contributed by atoms with Gasteiger partial charge in [0, 0.05) is 55.6 Å². The average molecular weight is 614 g/mol. The first kappa shape index (κ1) is 31.0. The Bertz CT molecular complexity index is 1780. The molecule has 4 aromatic rings. The van der Waals surface area contributed by atoms with E-state index >= 15 is 0 Å². The van der Waals surface area contributed by atoms with Gasteiger partial charge in [-0.25, -0.2) is 4.79 Å². The number of amides is 3. The van der Waals surface area contributed by atoms with Crippen molar-refractivity contribution in [2.24, 2.45) is 0 Å². The van der Waals surface area contributed by atoms with Crippen molar-refractivity contribution in [3.8, 4) is 0 Å². The molecule has 10 heteroatoms. The lowest BCUT2D eigenvalue weighted by molar-refractivity contribution is -0.117. The van der Waals surface area contributed by atoms with E-state index in [0.717, 1.165) is 60.5 Å². The van der Waals surface area contributed by atoms with Gasteiger partial charge in [0.2, 0.25) is 5.91 Å². The Morgan fingerprint density at radius 3 is 2.07 bits per heavy atom. The van der Waals surface area contributed by atoms with Crippen LogP contribution in [0, 0.1) is 6.92 Å². The van der Waals surface area contributed by atoms with Gasteiger partial charge < -0.3 is 9.80 Å². The fourth-order valence-electron chi connectivity index (χ4n) is 5.93. The highest BCUT2D eigenvalue weighted by molar-refractivity contribution is 6.31. The second kappa shape index (κ2) is 13.0. The smallest absolute Gasteiger partial charge is 0.309 e. The number of nitrogens with one attached hydrogen (secondary N) is 1. The SMILES string of the molecule is C=C(C)n1c(=O)n(CCN2CCC(N(C(C)=O)c3ccc(C)c(Cl)c3)CC2)c2ccccc21.O=C1NC(=O)c2ccccc21. The van der Waals surface area contributed by atoms with Gasteiger partial charge >= 0.3 is 5.69 Å². The maximum atomic E-state index is 13.0. The minimum Gasteiger partial charge on any atom is -0.309 e. The molecule has 1 fully saturated rings. The van der Waals surface area contributed by atoms with Gasteiger partial charge in [-0.3, -0.25) is 28.8 Å². The number of rotatable bonds is 6. The van der Waals surface area contributed by atoms with Crippen molar-refractivity contribution in [1.82, 2.24) is 19.4 Å². The van der Waals surface area contributed by atoms with E-state index < -0.39 is 0 Å². The summed E-state index contributed by atoms with van der Waals surface area (Å²) in [6.07, 6.45) is 1.76. The van der Waals surface area contributed by atoms with Crippen LogP contribution in [0.15, 0.2) is 78.1 Å². The van der Waals surface area contributed by atoms with Crippen LogP contribution in [0.3, 0.4) is 0 Å². The predicted molar refractivity (Wildman–Crippen MR) is 174 cm³/mol. The third kappa shape index (κ3) is 6.25. The Labute approximate surface area is 261 Å². The molecule has 44 heavy (non-hydrogen) atoms. The van der Waals surface area contributed by atoms with Crippen LogP contribution >= 0.6 is 11.6 Å². The van der Waals surface area contributed by atoms with Crippen LogP contribution in [0.2, 0.25) is 5.02 Å². The maximum Gasteiger partial charge on any atom is 0.333 e. The number of aryl methyl sites for hydroxylation is 1. The quantitative estimate of drug-likeness (QED) is 0.296. The summed E-state index contributed by atoms with van der Waals surface area (Å²) in [6, 6.07) is 20.5.